The molecular formula is C15H20N4O4. The number of aromatic amines is 1. The number of piperidine rings is 1. The van der Waals surface area contributed by atoms with Crippen LogP contribution < -0.4 is 0 Å². The lowest BCUT2D eigenvalue weighted by molar-refractivity contribution is -0.147. The van der Waals surface area contributed by atoms with E-state index in [4.69, 9.17) is 0 Å². The van der Waals surface area contributed by atoms with Gasteiger partial charge in [0.1, 0.15) is 11.7 Å². The van der Waals surface area contributed by atoms with E-state index < -0.39 is 12.0 Å². The van der Waals surface area contributed by atoms with Crippen LogP contribution in [-0.2, 0) is 9.59 Å². The number of aromatic nitrogens is 2. The highest BCUT2D eigenvalue weighted by Gasteiger charge is 2.49. The van der Waals surface area contributed by atoms with E-state index in [0.29, 0.717) is 44.6 Å². The molecule has 1 spiro atoms. The van der Waals surface area contributed by atoms with Crippen molar-refractivity contribution in [2.45, 2.75) is 32.2 Å². The van der Waals surface area contributed by atoms with E-state index in [9.17, 15) is 19.5 Å². The molecule has 23 heavy (non-hydrogen) atoms. The molecule has 1 aromatic heterocycles. The van der Waals surface area contributed by atoms with Gasteiger partial charge in [-0.1, -0.05) is 0 Å². The van der Waals surface area contributed by atoms with Gasteiger partial charge in [0.2, 0.25) is 5.91 Å². The number of nitrogens with one attached hydrogen (secondary N) is 1. The molecule has 1 unspecified atom stereocenters. The average Bonchev–Trinajstić information content (AvgIpc) is 3.15. The first-order chi connectivity index (χ1) is 10.9. The van der Waals surface area contributed by atoms with Crippen molar-refractivity contribution in [2.24, 2.45) is 5.41 Å². The van der Waals surface area contributed by atoms with Crippen LogP contribution in [0.2, 0.25) is 0 Å². The largest absolute Gasteiger partial charge is 0.480 e. The molecule has 2 amide bonds. The second-order valence-corrected chi connectivity index (χ2v) is 6.47. The number of carbonyl (C=O) groups is 3. The summed E-state index contributed by atoms with van der Waals surface area (Å²) in [7, 11) is 0. The van der Waals surface area contributed by atoms with Gasteiger partial charge in [-0.15, -0.1) is 0 Å². The molecule has 0 saturated carbocycles. The van der Waals surface area contributed by atoms with Gasteiger partial charge in [-0.3, -0.25) is 14.7 Å². The zero-order valence-corrected chi connectivity index (χ0v) is 13.0. The highest BCUT2D eigenvalue weighted by molar-refractivity contribution is 5.92. The Morgan fingerprint density at radius 2 is 2.04 bits per heavy atom. The number of carbonyl (C=O) groups excluding carboxylic acids is 2. The molecule has 1 atom stereocenters. The molecule has 2 aliphatic heterocycles. The van der Waals surface area contributed by atoms with Gasteiger partial charge in [0, 0.05) is 32.8 Å². The Bertz CT molecular complexity index is 595. The van der Waals surface area contributed by atoms with E-state index in [2.05, 4.69) is 10.2 Å². The van der Waals surface area contributed by atoms with Crippen LogP contribution in [0.3, 0.4) is 0 Å². The molecule has 2 aliphatic rings. The van der Waals surface area contributed by atoms with E-state index in [1.807, 2.05) is 0 Å². The second kappa shape index (κ2) is 5.68. The number of carboxylic acids is 1. The fourth-order valence-corrected chi connectivity index (χ4v) is 3.70. The molecule has 2 saturated heterocycles. The Kier molecular flexibility index (Phi) is 3.83. The quantitative estimate of drug-likeness (QED) is 0.817. The monoisotopic (exact) mass is 320 g/mol. The van der Waals surface area contributed by atoms with Crippen molar-refractivity contribution in [1.29, 1.82) is 0 Å². The maximum absolute atomic E-state index is 12.3. The molecule has 0 radical (unpaired) electrons. The molecule has 8 nitrogen and oxygen atoms in total. The van der Waals surface area contributed by atoms with Crippen LogP contribution in [0.5, 0.6) is 0 Å². The summed E-state index contributed by atoms with van der Waals surface area (Å²) in [4.78, 5) is 38.6. The van der Waals surface area contributed by atoms with Crippen LogP contribution in [-0.4, -0.2) is 68.6 Å². The molecule has 0 aromatic carbocycles. The van der Waals surface area contributed by atoms with Gasteiger partial charge in [-0.25, -0.2) is 4.79 Å². The lowest BCUT2D eigenvalue weighted by atomic mass is 9.76. The van der Waals surface area contributed by atoms with Crippen molar-refractivity contribution in [2.75, 3.05) is 19.6 Å². The lowest BCUT2D eigenvalue weighted by Gasteiger charge is -2.38. The maximum Gasteiger partial charge on any atom is 0.326 e. The zero-order valence-electron chi connectivity index (χ0n) is 13.0. The highest BCUT2D eigenvalue weighted by Crippen LogP contribution is 2.43. The van der Waals surface area contributed by atoms with Crippen LogP contribution in [0.1, 0.15) is 36.7 Å². The van der Waals surface area contributed by atoms with E-state index in [0.717, 1.165) is 0 Å². The first-order valence-electron chi connectivity index (χ1n) is 7.71. The van der Waals surface area contributed by atoms with Crippen molar-refractivity contribution < 1.29 is 19.5 Å². The number of likely N-dealkylation sites (tertiary alicyclic amines) is 2. The second-order valence-electron chi connectivity index (χ2n) is 6.47. The molecule has 2 N–H and O–H groups in total. The molecule has 0 aliphatic carbocycles. The fourth-order valence-electron chi connectivity index (χ4n) is 3.70. The third-order valence-electron chi connectivity index (χ3n) is 5.04. The normalized spacial score (nSPS) is 23.3. The molecule has 8 heteroatoms. The average molecular weight is 320 g/mol. The maximum atomic E-state index is 12.3. The first kappa shape index (κ1) is 15.5. The Labute approximate surface area is 133 Å². The number of rotatable bonds is 2. The number of hydrogen-bond donors (Lipinski definition) is 2. The Morgan fingerprint density at radius 3 is 2.52 bits per heavy atom. The van der Waals surface area contributed by atoms with Gasteiger partial charge in [0.15, 0.2) is 0 Å². The third kappa shape index (κ3) is 2.80. The van der Waals surface area contributed by atoms with Gasteiger partial charge in [0.25, 0.3) is 5.91 Å². The molecule has 3 rings (SSSR count). The van der Waals surface area contributed by atoms with Crippen LogP contribution in [0, 0.1) is 5.41 Å². The van der Waals surface area contributed by atoms with E-state index >= 15 is 0 Å². The first-order valence-corrected chi connectivity index (χ1v) is 7.71. The molecule has 3 heterocycles. The predicted molar refractivity (Wildman–Crippen MR) is 79.6 cm³/mol. The summed E-state index contributed by atoms with van der Waals surface area (Å²) in [5, 5.41) is 15.8. The van der Waals surface area contributed by atoms with Gasteiger partial charge in [-0.05, 0) is 30.7 Å². The van der Waals surface area contributed by atoms with Crippen LogP contribution in [0.15, 0.2) is 12.3 Å². The van der Waals surface area contributed by atoms with Crippen LogP contribution in [0.4, 0.5) is 0 Å². The Balaban J connectivity index is 1.67. The van der Waals surface area contributed by atoms with Crippen molar-refractivity contribution in [3.8, 4) is 0 Å². The van der Waals surface area contributed by atoms with Gasteiger partial charge in [0.05, 0.1) is 0 Å². The van der Waals surface area contributed by atoms with Gasteiger partial charge < -0.3 is 14.9 Å². The summed E-state index contributed by atoms with van der Waals surface area (Å²) in [6.45, 7) is 3.00. The topological polar surface area (TPSA) is 107 Å². The number of hydrogen-bond acceptors (Lipinski definition) is 4. The smallest absolute Gasteiger partial charge is 0.326 e. The number of H-pyrrole nitrogens is 1. The van der Waals surface area contributed by atoms with Crippen LogP contribution in [0.25, 0.3) is 0 Å². The standard InChI is InChI=1S/C15H20N4O4/c1-10(20)19-9-15(8-12(19)14(22)23)3-6-18(7-4-15)13(21)11-2-5-16-17-11/h2,5,12H,3-4,6-9H2,1H3,(H,16,17)(H,22,23). The van der Waals surface area contributed by atoms with Crippen LogP contribution >= 0.6 is 0 Å². The molecule has 0 bridgehead atoms. The van der Waals surface area contributed by atoms with Gasteiger partial charge in [-0.2, -0.15) is 5.10 Å². The van der Waals surface area contributed by atoms with E-state index in [1.165, 1.54) is 18.0 Å². The third-order valence-corrected chi connectivity index (χ3v) is 5.04. The highest BCUT2D eigenvalue weighted by atomic mass is 16.4. The number of carboxylic acid groups (broad SMARTS) is 1. The zero-order chi connectivity index (χ0) is 16.6. The Morgan fingerprint density at radius 1 is 1.35 bits per heavy atom. The molecule has 2 fully saturated rings. The number of nitrogens with zero attached hydrogens (tertiary/aromatic N) is 3. The van der Waals surface area contributed by atoms with E-state index in [-0.39, 0.29) is 17.2 Å². The van der Waals surface area contributed by atoms with Gasteiger partial charge >= 0.3 is 5.97 Å². The minimum absolute atomic E-state index is 0.0893. The SMILES string of the molecule is CC(=O)N1CC2(CCN(C(=O)c3ccn[nH]3)CC2)CC1C(=O)O. The summed E-state index contributed by atoms with van der Waals surface area (Å²) in [5.74, 6) is -1.24. The predicted octanol–water partition coefficient (Wildman–Crippen LogP) is 0.338. The number of amides is 2. The summed E-state index contributed by atoms with van der Waals surface area (Å²) in [6.07, 6.45) is 3.42. The number of aliphatic carboxylic acids is 1. The minimum atomic E-state index is -0.951. The molecule has 124 valence electrons. The molecular weight excluding hydrogens is 300 g/mol. The molecule has 1 aromatic rings. The fraction of sp³-hybridized carbons (Fsp3) is 0.600. The van der Waals surface area contributed by atoms with Crippen molar-refractivity contribution in [1.82, 2.24) is 20.0 Å². The summed E-state index contributed by atoms with van der Waals surface area (Å²) < 4.78 is 0. The Hall–Kier alpha value is -2.38. The van der Waals surface area contributed by atoms with Crippen molar-refractivity contribution >= 4 is 17.8 Å². The van der Waals surface area contributed by atoms with Crippen molar-refractivity contribution in [3.63, 3.8) is 0 Å². The summed E-state index contributed by atoms with van der Waals surface area (Å²) >= 11 is 0. The van der Waals surface area contributed by atoms with Crippen molar-refractivity contribution in [3.05, 3.63) is 18.0 Å². The minimum Gasteiger partial charge on any atom is -0.480 e. The lowest BCUT2D eigenvalue weighted by Crippen LogP contribution is -2.44. The summed E-state index contributed by atoms with van der Waals surface area (Å²) in [5.41, 5.74) is 0.264. The summed E-state index contributed by atoms with van der Waals surface area (Å²) in [6, 6.07) is 0.891. The van der Waals surface area contributed by atoms with E-state index in [1.54, 1.807) is 11.0 Å².